The highest BCUT2D eigenvalue weighted by Gasteiger charge is 2.08. The van der Waals surface area contributed by atoms with Crippen LogP contribution in [0.1, 0.15) is 17.3 Å². The number of phenolic OH excluding ortho intramolecular Hbond substituents is 1. The molecule has 4 heteroatoms. The van der Waals surface area contributed by atoms with Crippen molar-refractivity contribution in [2.75, 3.05) is 5.32 Å². The summed E-state index contributed by atoms with van der Waals surface area (Å²) in [5.41, 5.74) is 2.02. The normalized spacial score (nSPS) is 10.1. The smallest absolute Gasteiger partial charge is 0.161 e. The average Bonchev–Trinajstić information content (AvgIpc) is 2.34. The van der Waals surface area contributed by atoms with Crippen LogP contribution in [0.25, 0.3) is 0 Å². The maximum Gasteiger partial charge on any atom is 0.161 e. The zero-order valence-electron chi connectivity index (χ0n) is 9.77. The molecule has 0 spiro atoms. The molecule has 0 heterocycles. The van der Waals surface area contributed by atoms with E-state index < -0.39 is 0 Å². The quantitative estimate of drug-likeness (QED) is 0.649. The fourth-order valence-corrected chi connectivity index (χ4v) is 1.79. The van der Waals surface area contributed by atoms with Crippen LogP contribution in [0.3, 0.4) is 0 Å². The predicted molar refractivity (Wildman–Crippen MR) is 72.8 cm³/mol. The minimum absolute atomic E-state index is 0.0567. The van der Waals surface area contributed by atoms with Crippen molar-refractivity contribution in [1.29, 1.82) is 0 Å². The number of hydrogen-bond donors (Lipinski definition) is 2. The zero-order valence-corrected chi connectivity index (χ0v) is 10.5. The van der Waals surface area contributed by atoms with Crippen molar-refractivity contribution in [3.8, 4) is 5.75 Å². The van der Waals surface area contributed by atoms with Crippen LogP contribution in [0.15, 0.2) is 42.5 Å². The van der Waals surface area contributed by atoms with E-state index in [9.17, 15) is 9.90 Å². The second-order valence-electron chi connectivity index (χ2n) is 3.92. The number of phenols is 1. The van der Waals surface area contributed by atoms with Gasteiger partial charge in [-0.3, -0.25) is 4.79 Å². The summed E-state index contributed by atoms with van der Waals surface area (Å²) in [6, 6.07) is 11.7. The van der Waals surface area contributed by atoms with Crippen LogP contribution in [0.2, 0.25) is 5.02 Å². The molecule has 0 aromatic heterocycles. The van der Waals surface area contributed by atoms with Gasteiger partial charge in [0.15, 0.2) is 5.78 Å². The molecule has 0 saturated heterocycles. The summed E-state index contributed by atoms with van der Waals surface area (Å²) in [6.45, 7) is 1.49. The Balaban J connectivity index is 2.34. The predicted octanol–water partition coefficient (Wildman–Crippen LogP) is 3.99. The van der Waals surface area contributed by atoms with Crippen LogP contribution in [-0.2, 0) is 0 Å². The Morgan fingerprint density at radius 2 is 1.83 bits per heavy atom. The molecule has 2 aromatic rings. The van der Waals surface area contributed by atoms with Crippen LogP contribution < -0.4 is 5.32 Å². The molecule has 0 amide bonds. The molecule has 0 saturated carbocycles. The Kier molecular flexibility index (Phi) is 3.53. The molecule has 2 aromatic carbocycles. The van der Waals surface area contributed by atoms with Crippen molar-refractivity contribution >= 4 is 28.8 Å². The maximum atomic E-state index is 11.5. The van der Waals surface area contributed by atoms with E-state index in [0.29, 0.717) is 16.3 Å². The summed E-state index contributed by atoms with van der Waals surface area (Å²) in [4.78, 5) is 11.5. The second kappa shape index (κ2) is 5.10. The number of aromatic hydroxyl groups is 1. The molecule has 0 unspecified atom stereocenters. The number of benzene rings is 2. The van der Waals surface area contributed by atoms with Gasteiger partial charge in [-0.1, -0.05) is 11.6 Å². The van der Waals surface area contributed by atoms with Crippen LogP contribution >= 0.6 is 11.6 Å². The number of hydrogen-bond acceptors (Lipinski definition) is 3. The minimum Gasteiger partial charge on any atom is -0.508 e. The largest absolute Gasteiger partial charge is 0.508 e. The topological polar surface area (TPSA) is 49.3 Å². The van der Waals surface area contributed by atoms with E-state index in [1.165, 1.54) is 6.92 Å². The van der Waals surface area contributed by atoms with E-state index in [-0.39, 0.29) is 11.5 Å². The van der Waals surface area contributed by atoms with Crippen molar-refractivity contribution in [1.82, 2.24) is 0 Å². The molecule has 3 nitrogen and oxygen atoms in total. The molecule has 0 aliphatic carbocycles. The molecule has 0 atom stereocenters. The third kappa shape index (κ3) is 2.81. The van der Waals surface area contributed by atoms with Crippen molar-refractivity contribution in [3.05, 3.63) is 53.1 Å². The van der Waals surface area contributed by atoms with Gasteiger partial charge < -0.3 is 10.4 Å². The monoisotopic (exact) mass is 261 g/mol. The van der Waals surface area contributed by atoms with Gasteiger partial charge in [-0.05, 0) is 49.4 Å². The van der Waals surface area contributed by atoms with E-state index in [1.54, 1.807) is 42.5 Å². The highest BCUT2D eigenvalue weighted by atomic mass is 35.5. The first-order valence-corrected chi connectivity index (χ1v) is 5.80. The fourth-order valence-electron chi connectivity index (χ4n) is 1.62. The number of rotatable bonds is 3. The highest BCUT2D eigenvalue weighted by Crippen LogP contribution is 2.25. The standard InChI is InChI=1S/C14H12ClNO2/c1-9(17)13-8-10(15)2-7-14(13)16-11-3-5-12(18)6-4-11/h2-8,16,18H,1H3. The number of carbonyl (C=O) groups excluding carboxylic acids is 1. The van der Waals surface area contributed by atoms with Crippen molar-refractivity contribution in [2.45, 2.75) is 6.92 Å². The number of nitrogens with one attached hydrogen (secondary N) is 1. The second-order valence-corrected chi connectivity index (χ2v) is 4.35. The molecule has 0 bridgehead atoms. The van der Waals surface area contributed by atoms with Gasteiger partial charge in [-0.15, -0.1) is 0 Å². The molecular weight excluding hydrogens is 250 g/mol. The van der Waals surface area contributed by atoms with Gasteiger partial charge >= 0.3 is 0 Å². The Morgan fingerprint density at radius 3 is 2.44 bits per heavy atom. The Morgan fingerprint density at radius 1 is 1.17 bits per heavy atom. The van der Waals surface area contributed by atoms with Crippen LogP contribution in [0, 0.1) is 0 Å². The van der Waals surface area contributed by atoms with E-state index in [4.69, 9.17) is 11.6 Å². The molecule has 18 heavy (non-hydrogen) atoms. The van der Waals surface area contributed by atoms with Crippen molar-refractivity contribution < 1.29 is 9.90 Å². The molecule has 0 aliphatic rings. The lowest BCUT2D eigenvalue weighted by molar-refractivity contribution is 0.101. The Hall–Kier alpha value is -2.00. The lowest BCUT2D eigenvalue weighted by atomic mass is 10.1. The first kappa shape index (κ1) is 12.5. The molecule has 0 fully saturated rings. The van der Waals surface area contributed by atoms with Crippen LogP contribution in [0.4, 0.5) is 11.4 Å². The van der Waals surface area contributed by atoms with Gasteiger partial charge in [0.1, 0.15) is 5.75 Å². The van der Waals surface area contributed by atoms with Gasteiger partial charge in [-0.25, -0.2) is 0 Å². The minimum atomic E-state index is -0.0567. The van der Waals surface area contributed by atoms with Gasteiger partial charge in [0.05, 0.1) is 0 Å². The SMILES string of the molecule is CC(=O)c1cc(Cl)ccc1Nc1ccc(O)cc1. The number of anilines is 2. The van der Waals surface area contributed by atoms with Gasteiger partial charge in [0.25, 0.3) is 0 Å². The summed E-state index contributed by atoms with van der Waals surface area (Å²) < 4.78 is 0. The first-order valence-electron chi connectivity index (χ1n) is 5.43. The lowest BCUT2D eigenvalue weighted by Crippen LogP contribution is -2.00. The Bertz CT molecular complexity index is 579. The molecule has 0 radical (unpaired) electrons. The van der Waals surface area contributed by atoms with E-state index in [1.807, 2.05) is 0 Å². The number of ketones is 1. The van der Waals surface area contributed by atoms with Crippen LogP contribution in [-0.4, -0.2) is 10.9 Å². The zero-order chi connectivity index (χ0) is 13.1. The Labute approximate surface area is 110 Å². The fraction of sp³-hybridized carbons (Fsp3) is 0.0714. The summed E-state index contributed by atoms with van der Waals surface area (Å²) in [5.74, 6) is 0.141. The third-order valence-electron chi connectivity index (χ3n) is 2.51. The van der Waals surface area contributed by atoms with E-state index >= 15 is 0 Å². The van der Waals surface area contributed by atoms with E-state index in [2.05, 4.69) is 5.32 Å². The first-order chi connectivity index (χ1) is 8.56. The molecule has 0 aliphatic heterocycles. The molecular formula is C14H12ClNO2. The molecule has 92 valence electrons. The molecule has 2 rings (SSSR count). The van der Waals surface area contributed by atoms with Crippen molar-refractivity contribution in [3.63, 3.8) is 0 Å². The summed E-state index contributed by atoms with van der Waals surface area (Å²) in [6.07, 6.45) is 0. The number of halogens is 1. The van der Waals surface area contributed by atoms with Gasteiger partial charge in [0, 0.05) is 22.0 Å². The molecule has 2 N–H and O–H groups in total. The third-order valence-corrected chi connectivity index (χ3v) is 2.74. The number of carbonyl (C=O) groups is 1. The van der Waals surface area contributed by atoms with Gasteiger partial charge in [-0.2, -0.15) is 0 Å². The van der Waals surface area contributed by atoms with E-state index in [0.717, 1.165) is 5.69 Å². The number of Topliss-reactive ketones (excluding diaryl/α,β-unsaturated/α-hetero) is 1. The summed E-state index contributed by atoms with van der Waals surface area (Å²) >= 11 is 5.87. The maximum absolute atomic E-state index is 11.5. The average molecular weight is 262 g/mol. The lowest BCUT2D eigenvalue weighted by Gasteiger charge is -2.10. The van der Waals surface area contributed by atoms with Crippen molar-refractivity contribution in [2.24, 2.45) is 0 Å². The highest BCUT2D eigenvalue weighted by molar-refractivity contribution is 6.31. The van der Waals surface area contributed by atoms with Gasteiger partial charge in [0.2, 0.25) is 0 Å². The van der Waals surface area contributed by atoms with Crippen LogP contribution in [0.5, 0.6) is 5.75 Å². The summed E-state index contributed by atoms with van der Waals surface area (Å²) in [5, 5.41) is 12.8. The summed E-state index contributed by atoms with van der Waals surface area (Å²) in [7, 11) is 0.